The number of hydrogen-bond acceptors (Lipinski definition) is 3. The Hall–Kier alpha value is -1.55. The molecular formula is C15H19N3O. The van der Waals surface area contributed by atoms with Gasteiger partial charge in [0.05, 0.1) is 11.4 Å². The lowest BCUT2D eigenvalue weighted by molar-refractivity contribution is -0.120. The number of hydrogen-bond donors (Lipinski definition) is 2. The SMILES string of the molecule is CC1(C)C(=O)Nc2cccc3c2N1[C@H]1CCNC[C@@H]31. The third-order valence-corrected chi connectivity index (χ3v) is 4.89. The number of carbonyl (C=O) groups excluding carboxylic acids is 1. The number of fused-ring (bicyclic) bond motifs is 3. The van der Waals surface area contributed by atoms with Crippen LogP contribution < -0.4 is 15.5 Å². The van der Waals surface area contributed by atoms with E-state index >= 15 is 0 Å². The molecule has 19 heavy (non-hydrogen) atoms. The van der Waals surface area contributed by atoms with Gasteiger partial charge in [-0.3, -0.25) is 4.79 Å². The lowest BCUT2D eigenvalue weighted by atomic mass is 9.89. The van der Waals surface area contributed by atoms with Crippen molar-refractivity contribution < 1.29 is 4.79 Å². The molecule has 3 heterocycles. The standard InChI is InChI=1S/C15H19N3O/c1-15(2)14(19)17-11-5-3-4-9-10-8-16-7-6-12(10)18(15)13(9)11/h3-5,10,12,16H,6-8H2,1-2H3,(H,17,19)/t10-,12-/m0/s1. The van der Waals surface area contributed by atoms with Crippen LogP contribution in [0.4, 0.5) is 11.4 Å². The monoisotopic (exact) mass is 257 g/mol. The van der Waals surface area contributed by atoms with Crippen molar-refractivity contribution in [1.29, 1.82) is 0 Å². The Kier molecular flexibility index (Phi) is 2.09. The van der Waals surface area contributed by atoms with Crippen LogP contribution in [0.3, 0.4) is 0 Å². The number of amides is 1. The van der Waals surface area contributed by atoms with Crippen molar-refractivity contribution in [1.82, 2.24) is 5.32 Å². The first-order chi connectivity index (χ1) is 9.10. The van der Waals surface area contributed by atoms with Crippen molar-refractivity contribution in [2.75, 3.05) is 23.3 Å². The fourth-order valence-corrected chi connectivity index (χ4v) is 3.95. The quantitative estimate of drug-likeness (QED) is 0.743. The van der Waals surface area contributed by atoms with Crippen LogP contribution >= 0.6 is 0 Å². The van der Waals surface area contributed by atoms with Crippen LogP contribution in [0, 0.1) is 0 Å². The first kappa shape index (κ1) is 11.3. The summed E-state index contributed by atoms with van der Waals surface area (Å²) >= 11 is 0. The Morgan fingerprint density at radius 1 is 1.37 bits per heavy atom. The number of piperidine rings is 1. The second-order valence-corrected chi connectivity index (χ2v) is 6.29. The number of anilines is 2. The van der Waals surface area contributed by atoms with E-state index in [0.29, 0.717) is 12.0 Å². The number of nitrogens with one attached hydrogen (secondary N) is 2. The molecule has 0 bridgehead atoms. The molecule has 3 aliphatic heterocycles. The minimum absolute atomic E-state index is 0.108. The van der Waals surface area contributed by atoms with Crippen molar-refractivity contribution in [3.05, 3.63) is 23.8 Å². The van der Waals surface area contributed by atoms with Crippen LogP contribution in [-0.2, 0) is 4.79 Å². The maximum Gasteiger partial charge on any atom is 0.249 e. The van der Waals surface area contributed by atoms with Crippen LogP contribution in [-0.4, -0.2) is 30.6 Å². The largest absolute Gasteiger partial charge is 0.352 e. The highest BCUT2D eigenvalue weighted by Crippen LogP contribution is 2.52. The zero-order valence-corrected chi connectivity index (χ0v) is 11.4. The molecule has 0 unspecified atom stereocenters. The molecule has 3 aliphatic rings. The number of carbonyl (C=O) groups is 1. The van der Waals surface area contributed by atoms with Crippen molar-refractivity contribution in [2.24, 2.45) is 0 Å². The number of nitrogens with zero attached hydrogens (tertiary/aromatic N) is 1. The maximum absolute atomic E-state index is 12.4. The molecule has 0 aromatic heterocycles. The fourth-order valence-electron chi connectivity index (χ4n) is 3.95. The minimum Gasteiger partial charge on any atom is -0.352 e. The van der Waals surface area contributed by atoms with Gasteiger partial charge in [0, 0.05) is 18.5 Å². The van der Waals surface area contributed by atoms with Gasteiger partial charge in [-0.1, -0.05) is 12.1 Å². The van der Waals surface area contributed by atoms with Gasteiger partial charge in [0.1, 0.15) is 5.54 Å². The predicted octanol–water partition coefficient (Wildman–Crippen LogP) is 1.68. The summed E-state index contributed by atoms with van der Waals surface area (Å²) in [5.41, 5.74) is 3.17. The Balaban J connectivity index is 1.95. The van der Waals surface area contributed by atoms with Gasteiger partial charge in [-0.25, -0.2) is 0 Å². The van der Waals surface area contributed by atoms with Crippen molar-refractivity contribution in [3.63, 3.8) is 0 Å². The van der Waals surface area contributed by atoms with Crippen molar-refractivity contribution >= 4 is 17.3 Å². The van der Waals surface area contributed by atoms with E-state index in [-0.39, 0.29) is 5.91 Å². The Bertz CT molecular complexity index is 567. The minimum atomic E-state index is -0.458. The third-order valence-electron chi connectivity index (χ3n) is 4.89. The molecule has 1 saturated heterocycles. The Morgan fingerprint density at radius 2 is 2.21 bits per heavy atom. The summed E-state index contributed by atoms with van der Waals surface area (Å²) < 4.78 is 0. The summed E-state index contributed by atoms with van der Waals surface area (Å²) in [6.45, 7) is 6.12. The molecule has 0 radical (unpaired) electrons. The van der Waals surface area contributed by atoms with Gasteiger partial charge >= 0.3 is 0 Å². The van der Waals surface area contributed by atoms with Gasteiger partial charge in [-0.05, 0) is 38.4 Å². The van der Waals surface area contributed by atoms with E-state index in [0.717, 1.165) is 25.2 Å². The summed E-state index contributed by atoms with van der Waals surface area (Å²) in [7, 11) is 0. The lowest BCUT2D eigenvalue weighted by Crippen LogP contribution is -2.60. The topological polar surface area (TPSA) is 44.4 Å². The van der Waals surface area contributed by atoms with E-state index in [1.54, 1.807) is 0 Å². The molecule has 1 aromatic carbocycles. The summed E-state index contributed by atoms with van der Waals surface area (Å²) in [6.07, 6.45) is 1.11. The average molecular weight is 257 g/mol. The van der Waals surface area contributed by atoms with Gasteiger partial charge in [-0.2, -0.15) is 0 Å². The third kappa shape index (κ3) is 1.30. The highest BCUT2D eigenvalue weighted by atomic mass is 16.2. The van der Waals surface area contributed by atoms with E-state index < -0.39 is 5.54 Å². The molecule has 2 atom stereocenters. The van der Waals surface area contributed by atoms with E-state index in [1.165, 1.54) is 11.3 Å². The summed E-state index contributed by atoms with van der Waals surface area (Å²) in [5.74, 6) is 0.618. The molecule has 4 rings (SSSR count). The zero-order valence-electron chi connectivity index (χ0n) is 11.4. The summed E-state index contributed by atoms with van der Waals surface area (Å²) in [5, 5.41) is 6.56. The van der Waals surface area contributed by atoms with Crippen LogP contribution in [0.15, 0.2) is 18.2 Å². The molecule has 4 nitrogen and oxygen atoms in total. The van der Waals surface area contributed by atoms with E-state index in [2.05, 4.69) is 27.7 Å². The van der Waals surface area contributed by atoms with Crippen LogP contribution in [0.1, 0.15) is 31.7 Å². The second-order valence-electron chi connectivity index (χ2n) is 6.29. The van der Waals surface area contributed by atoms with E-state index in [1.807, 2.05) is 19.9 Å². The number of benzene rings is 1. The molecule has 2 N–H and O–H groups in total. The smallest absolute Gasteiger partial charge is 0.249 e. The van der Waals surface area contributed by atoms with Gasteiger partial charge in [0.15, 0.2) is 0 Å². The Morgan fingerprint density at radius 3 is 3.05 bits per heavy atom. The zero-order chi connectivity index (χ0) is 13.2. The van der Waals surface area contributed by atoms with Crippen molar-refractivity contribution in [3.8, 4) is 0 Å². The van der Waals surface area contributed by atoms with Crippen molar-refractivity contribution in [2.45, 2.75) is 37.8 Å². The highest BCUT2D eigenvalue weighted by Gasteiger charge is 2.51. The van der Waals surface area contributed by atoms with Gasteiger partial charge in [-0.15, -0.1) is 0 Å². The van der Waals surface area contributed by atoms with Gasteiger partial charge in [0.2, 0.25) is 5.91 Å². The lowest BCUT2D eigenvalue weighted by Gasteiger charge is -2.46. The summed E-state index contributed by atoms with van der Waals surface area (Å²) in [4.78, 5) is 14.8. The maximum atomic E-state index is 12.4. The number of para-hydroxylation sites is 1. The first-order valence-corrected chi connectivity index (χ1v) is 7.05. The summed E-state index contributed by atoms with van der Waals surface area (Å²) in [6, 6.07) is 6.75. The van der Waals surface area contributed by atoms with E-state index in [4.69, 9.17) is 0 Å². The second kappa shape index (κ2) is 3.51. The predicted molar refractivity (Wildman–Crippen MR) is 75.6 cm³/mol. The van der Waals surface area contributed by atoms with Gasteiger partial charge in [0.25, 0.3) is 0 Å². The van der Waals surface area contributed by atoms with E-state index in [9.17, 15) is 4.79 Å². The Labute approximate surface area is 113 Å². The molecule has 0 saturated carbocycles. The number of rotatable bonds is 0. The molecule has 1 aromatic rings. The normalized spacial score (nSPS) is 30.6. The van der Waals surface area contributed by atoms with Crippen LogP contribution in [0.25, 0.3) is 0 Å². The first-order valence-electron chi connectivity index (χ1n) is 7.05. The molecular weight excluding hydrogens is 238 g/mol. The molecule has 0 spiro atoms. The molecule has 1 amide bonds. The van der Waals surface area contributed by atoms with Crippen LogP contribution in [0.2, 0.25) is 0 Å². The molecule has 0 aliphatic carbocycles. The molecule has 100 valence electrons. The average Bonchev–Trinajstić information content (AvgIpc) is 2.74. The molecule has 4 heteroatoms. The highest BCUT2D eigenvalue weighted by molar-refractivity contribution is 6.07. The fraction of sp³-hybridized carbons (Fsp3) is 0.533. The van der Waals surface area contributed by atoms with Gasteiger partial charge < -0.3 is 15.5 Å². The van der Waals surface area contributed by atoms with Crippen LogP contribution in [0.5, 0.6) is 0 Å². The molecule has 1 fully saturated rings.